The summed E-state index contributed by atoms with van der Waals surface area (Å²) in [6.07, 6.45) is 0.788. The minimum Gasteiger partial charge on any atom is -0.480 e. The Labute approximate surface area is 83.7 Å². The molecule has 0 saturated carbocycles. The molecule has 0 aromatic rings. The summed E-state index contributed by atoms with van der Waals surface area (Å²) in [6, 6.07) is -1.53. The number of nitrogens with one attached hydrogen (secondary N) is 1. The number of hydrogen-bond donors (Lipinski definition) is 3. The molecule has 0 saturated heterocycles. The van der Waals surface area contributed by atoms with Gasteiger partial charge >= 0.3 is 5.97 Å². The Kier molecular flexibility index (Phi) is 5.15. The number of hydrogen-bond acceptors (Lipinski definition) is 3. The molecule has 0 aromatic heterocycles. The van der Waals surface area contributed by atoms with Crippen molar-refractivity contribution in [3.05, 3.63) is 0 Å². The van der Waals surface area contributed by atoms with Crippen LogP contribution in [0, 0.1) is 5.92 Å². The summed E-state index contributed by atoms with van der Waals surface area (Å²) in [5.74, 6) is -1.42. The molecule has 0 heterocycles. The van der Waals surface area contributed by atoms with Crippen molar-refractivity contribution in [3.8, 4) is 0 Å². The molecule has 0 aliphatic carbocycles. The third kappa shape index (κ3) is 3.74. The summed E-state index contributed by atoms with van der Waals surface area (Å²) in [5, 5.41) is 10.9. The molecule has 0 bridgehead atoms. The van der Waals surface area contributed by atoms with Crippen molar-refractivity contribution < 1.29 is 14.7 Å². The summed E-state index contributed by atoms with van der Waals surface area (Å²) in [7, 11) is 0. The van der Waals surface area contributed by atoms with Gasteiger partial charge in [0.25, 0.3) is 0 Å². The number of carboxylic acids is 1. The monoisotopic (exact) mass is 202 g/mol. The standard InChI is InChI=1S/C9H18N2O3/c1-4-5(2)7(10)8(12)11-6(3)9(13)14/h5-7H,4,10H2,1-3H3,(H,11,12)(H,13,14)/t5?,6-,7?/m1/s1. The minimum atomic E-state index is -1.06. The van der Waals surface area contributed by atoms with Crippen LogP contribution in [0.3, 0.4) is 0 Å². The average molecular weight is 202 g/mol. The van der Waals surface area contributed by atoms with Gasteiger partial charge in [-0.2, -0.15) is 0 Å². The maximum Gasteiger partial charge on any atom is 0.325 e. The first-order chi connectivity index (χ1) is 6.40. The van der Waals surface area contributed by atoms with Crippen molar-refractivity contribution in [2.75, 3.05) is 0 Å². The molecule has 4 N–H and O–H groups in total. The van der Waals surface area contributed by atoms with Crippen LogP contribution < -0.4 is 11.1 Å². The summed E-state index contributed by atoms with van der Waals surface area (Å²) < 4.78 is 0. The molecule has 0 rings (SSSR count). The molecule has 5 nitrogen and oxygen atoms in total. The molecule has 0 radical (unpaired) electrons. The molecule has 0 fully saturated rings. The lowest BCUT2D eigenvalue weighted by Crippen LogP contribution is -2.49. The van der Waals surface area contributed by atoms with E-state index in [1.54, 1.807) is 0 Å². The summed E-state index contributed by atoms with van der Waals surface area (Å²) >= 11 is 0. The van der Waals surface area contributed by atoms with Gasteiger partial charge in [0.2, 0.25) is 5.91 Å². The predicted octanol–water partition coefficient (Wildman–Crippen LogP) is -0.0509. The Morgan fingerprint density at radius 1 is 1.43 bits per heavy atom. The van der Waals surface area contributed by atoms with Crippen LogP contribution in [0.25, 0.3) is 0 Å². The van der Waals surface area contributed by atoms with E-state index in [0.29, 0.717) is 0 Å². The maximum atomic E-state index is 11.4. The van der Waals surface area contributed by atoms with E-state index in [1.807, 2.05) is 13.8 Å². The van der Waals surface area contributed by atoms with E-state index in [-0.39, 0.29) is 5.92 Å². The lowest BCUT2D eigenvalue weighted by atomic mass is 9.99. The molecule has 1 amide bonds. The second-order valence-corrected chi connectivity index (χ2v) is 3.48. The quantitative estimate of drug-likeness (QED) is 0.582. The Bertz CT molecular complexity index is 218. The summed E-state index contributed by atoms with van der Waals surface area (Å²) in [5.41, 5.74) is 5.61. The number of rotatable bonds is 5. The zero-order chi connectivity index (χ0) is 11.3. The van der Waals surface area contributed by atoms with Crippen molar-refractivity contribution >= 4 is 11.9 Å². The van der Waals surface area contributed by atoms with Gasteiger partial charge < -0.3 is 16.2 Å². The van der Waals surface area contributed by atoms with Crippen molar-refractivity contribution in [2.24, 2.45) is 11.7 Å². The first kappa shape index (κ1) is 12.9. The van der Waals surface area contributed by atoms with Gasteiger partial charge in [0.15, 0.2) is 0 Å². The van der Waals surface area contributed by atoms with E-state index < -0.39 is 24.0 Å². The van der Waals surface area contributed by atoms with Crippen molar-refractivity contribution in [1.82, 2.24) is 5.32 Å². The van der Waals surface area contributed by atoms with E-state index in [2.05, 4.69) is 5.32 Å². The zero-order valence-corrected chi connectivity index (χ0v) is 8.78. The second-order valence-electron chi connectivity index (χ2n) is 3.48. The number of nitrogens with two attached hydrogens (primary N) is 1. The molecule has 0 aromatic carbocycles. The van der Waals surface area contributed by atoms with Gasteiger partial charge in [0, 0.05) is 0 Å². The first-order valence-electron chi connectivity index (χ1n) is 4.68. The van der Waals surface area contributed by atoms with Crippen molar-refractivity contribution in [1.29, 1.82) is 0 Å². The largest absolute Gasteiger partial charge is 0.480 e. The number of carboxylic acid groups (broad SMARTS) is 1. The minimum absolute atomic E-state index is 0.0518. The van der Waals surface area contributed by atoms with Crippen LogP contribution in [0.5, 0.6) is 0 Å². The van der Waals surface area contributed by atoms with Gasteiger partial charge in [-0.3, -0.25) is 9.59 Å². The SMILES string of the molecule is CCC(C)C(N)C(=O)N[C@H](C)C(=O)O. The predicted molar refractivity (Wildman–Crippen MR) is 52.7 cm³/mol. The fraction of sp³-hybridized carbons (Fsp3) is 0.778. The van der Waals surface area contributed by atoms with E-state index in [0.717, 1.165) is 6.42 Å². The molecule has 2 unspecified atom stereocenters. The van der Waals surface area contributed by atoms with Crippen molar-refractivity contribution in [3.63, 3.8) is 0 Å². The highest BCUT2D eigenvalue weighted by Crippen LogP contribution is 2.05. The number of carbonyl (C=O) groups is 2. The number of aliphatic carboxylic acids is 1. The fourth-order valence-electron chi connectivity index (χ4n) is 0.884. The molecule has 14 heavy (non-hydrogen) atoms. The van der Waals surface area contributed by atoms with Crippen LogP contribution in [-0.4, -0.2) is 29.1 Å². The number of carbonyl (C=O) groups excluding carboxylic acids is 1. The molecule has 3 atom stereocenters. The normalized spacial score (nSPS) is 16.9. The summed E-state index contributed by atoms with van der Waals surface area (Å²) in [6.45, 7) is 5.19. The average Bonchev–Trinajstić information content (AvgIpc) is 2.14. The maximum absolute atomic E-state index is 11.4. The highest BCUT2D eigenvalue weighted by atomic mass is 16.4. The van der Waals surface area contributed by atoms with E-state index in [9.17, 15) is 9.59 Å². The van der Waals surface area contributed by atoms with Crippen molar-refractivity contribution in [2.45, 2.75) is 39.3 Å². The molecular formula is C9H18N2O3. The van der Waals surface area contributed by atoms with E-state index >= 15 is 0 Å². The Hall–Kier alpha value is -1.10. The number of amides is 1. The molecule has 0 aliphatic heterocycles. The van der Waals surface area contributed by atoms with Crippen LogP contribution >= 0.6 is 0 Å². The molecule has 0 aliphatic rings. The zero-order valence-electron chi connectivity index (χ0n) is 8.78. The van der Waals surface area contributed by atoms with E-state index in [1.165, 1.54) is 6.92 Å². The van der Waals surface area contributed by atoms with Gasteiger partial charge in [-0.15, -0.1) is 0 Å². The molecular weight excluding hydrogens is 184 g/mol. The molecule has 82 valence electrons. The smallest absolute Gasteiger partial charge is 0.325 e. The van der Waals surface area contributed by atoms with Gasteiger partial charge in [0.05, 0.1) is 6.04 Å². The van der Waals surface area contributed by atoms with Gasteiger partial charge in [-0.1, -0.05) is 20.3 Å². The highest BCUT2D eigenvalue weighted by Gasteiger charge is 2.22. The Morgan fingerprint density at radius 2 is 1.93 bits per heavy atom. The van der Waals surface area contributed by atoms with Crippen LogP contribution in [-0.2, 0) is 9.59 Å². The van der Waals surface area contributed by atoms with Crippen LogP contribution in [0.1, 0.15) is 27.2 Å². The lowest BCUT2D eigenvalue weighted by Gasteiger charge is -2.19. The topological polar surface area (TPSA) is 92.4 Å². The lowest BCUT2D eigenvalue weighted by molar-refractivity contribution is -0.141. The Morgan fingerprint density at radius 3 is 2.29 bits per heavy atom. The first-order valence-corrected chi connectivity index (χ1v) is 4.68. The van der Waals surface area contributed by atoms with Gasteiger partial charge in [0.1, 0.15) is 6.04 Å². The van der Waals surface area contributed by atoms with E-state index in [4.69, 9.17) is 10.8 Å². The van der Waals surface area contributed by atoms with Gasteiger partial charge in [-0.05, 0) is 12.8 Å². The summed E-state index contributed by atoms with van der Waals surface area (Å²) in [4.78, 5) is 21.8. The molecule has 5 heteroatoms. The third-order valence-electron chi connectivity index (χ3n) is 2.29. The fourth-order valence-corrected chi connectivity index (χ4v) is 0.884. The molecule has 0 spiro atoms. The highest BCUT2D eigenvalue weighted by molar-refractivity contribution is 5.86. The van der Waals surface area contributed by atoms with Crippen LogP contribution in [0.4, 0.5) is 0 Å². The van der Waals surface area contributed by atoms with Crippen LogP contribution in [0.15, 0.2) is 0 Å². The Balaban J connectivity index is 4.14. The van der Waals surface area contributed by atoms with Crippen LogP contribution in [0.2, 0.25) is 0 Å². The van der Waals surface area contributed by atoms with Gasteiger partial charge in [-0.25, -0.2) is 0 Å². The third-order valence-corrected chi connectivity index (χ3v) is 2.29. The second kappa shape index (κ2) is 5.59.